The minimum Gasteiger partial charge on any atom is -0.380 e. The predicted octanol–water partition coefficient (Wildman–Crippen LogP) is 2.19. The van der Waals surface area contributed by atoms with Gasteiger partial charge in [0.15, 0.2) is 0 Å². The monoisotopic (exact) mass is 464 g/mol. The van der Waals surface area contributed by atoms with E-state index >= 15 is 0 Å². The molecule has 9 nitrogen and oxygen atoms in total. The minimum atomic E-state index is -4.67. The third kappa shape index (κ3) is 4.32. The Hall–Kier alpha value is -2.99. The van der Waals surface area contributed by atoms with Crippen LogP contribution in [-0.2, 0) is 20.4 Å². The number of aromatic nitrogens is 3. The summed E-state index contributed by atoms with van der Waals surface area (Å²) in [7, 11) is 0. The SMILES string of the molecule is CC(=O)Nc1cc(C(F)(F)F)c(-c2cc(N3CCOCC3)nc(N3CC4(COC4)C3)n2)cn1. The Bertz CT molecular complexity index is 1060. The summed E-state index contributed by atoms with van der Waals surface area (Å²) >= 11 is 0. The molecule has 0 aliphatic carbocycles. The predicted molar refractivity (Wildman–Crippen MR) is 113 cm³/mol. The molecule has 0 radical (unpaired) electrons. The summed E-state index contributed by atoms with van der Waals surface area (Å²) in [6.07, 6.45) is -3.57. The number of anilines is 3. The summed E-state index contributed by atoms with van der Waals surface area (Å²) in [6.45, 7) is 6.15. The first kappa shape index (κ1) is 21.8. The molecule has 33 heavy (non-hydrogen) atoms. The normalized spacial score (nSPS) is 19.8. The van der Waals surface area contributed by atoms with Gasteiger partial charge in [0, 0.05) is 50.9 Å². The second-order valence-corrected chi connectivity index (χ2v) is 8.65. The molecule has 1 amide bonds. The zero-order chi connectivity index (χ0) is 23.2. The molecule has 0 saturated carbocycles. The van der Waals surface area contributed by atoms with Gasteiger partial charge in [-0.25, -0.2) is 9.97 Å². The van der Waals surface area contributed by atoms with Crippen molar-refractivity contribution in [2.24, 2.45) is 5.41 Å². The zero-order valence-corrected chi connectivity index (χ0v) is 18.0. The highest BCUT2D eigenvalue weighted by molar-refractivity contribution is 5.88. The van der Waals surface area contributed by atoms with Crippen LogP contribution in [0.2, 0.25) is 0 Å². The molecule has 1 spiro atoms. The molecule has 0 bridgehead atoms. The van der Waals surface area contributed by atoms with Gasteiger partial charge in [0.2, 0.25) is 11.9 Å². The van der Waals surface area contributed by atoms with Crippen LogP contribution in [0.15, 0.2) is 18.3 Å². The van der Waals surface area contributed by atoms with Crippen molar-refractivity contribution in [1.29, 1.82) is 0 Å². The van der Waals surface area contributed by atoms with Gasteiger partial charge < -0.3 is 24.6 Å². The Labute approximate surface area is 187 Å². The number of amides is 1. The molecule has 0 unspecified atom stereocenters. The Morgan fingerprint density at radius 2 is 1.82 bits per heavy atom. The smallest absolute Gasteiger partial charge is 0.380 e. The van der Waals surface area contributed by atoms with E-state index in [1.54, 1.807) is 6.07 Å². The van der Waals surface area contributed by atoms with Crippen LogP contribution in [-0.4, -0.2) is 73.5 Å². The van der Waals surface area contributed by atoms with E-state index in [0.29, 0.717) is 64.4 Å². The van der Waals surface area contributed by atoms with Gasteiger partial charge >= 0.3 is 6.18 Å². The van der Waals surface area contributed by atoms with Gasteiger partial charge in [0.25, 0.3) is 0 Å². The lowest BCUT2D eigenvalue weighted by atomic mass is 9.78. The van der Waals surface area contributed by atoms with E-state index in [4.69, 9.17) is 9.47 Å². The topological polar surface area (TPSA) is 92.7 Å². The number of ether oxygens (including phenoxy) is 2. The fraction of sp³-hybridized carbons (Fsp3) is 0.524. The van der Waals surface area contributed by atoms with Crippen molar-refractivity contribution in [1.82, 2.24) is 15.0 Å². The molecular formula is C21H23F3N6O3. The molecule has 0 aromatic carbocycles. The number of pyridine rings is 1. The highest BCUT2D eigenvalue weighted by Crippen LogP contribution is 2.42. The first-order valence-electron chi connectivity index (χ1n) is 10.6. The van der Waals surface area contributed by atoms with Crippen molar-refractivity contribution < 1.29 is 27.4 Å². The number of halogens is 3. The summed E-state index contributed by atoms with van der Waals surface area (Å²) in [5.41, 5.74) is -0.873. The van der Waals surface area contributed by atoms with Crippen molar-refractivity contribution in [3.05, 3.63) is 23.9 Å². The minimum absolute atomic E-state index is 0.0944. The summed E-state index contributed by atoms with van der Waals surface area (Å²) in [6, 6.07) is 2.39. The molecule has 5 rings (SSSR count). The summed E-state index contributed by atoms with van der Waals surface area (Å²) < 4.78 is 52.6. The molecule has 2 aromatic heterocycles. The third-order valence-corrected chi connectivity index (χ3v) is 5.98. The van der Waals surface area contributed by atoms with Crippen molar-refractivity contribution >= 4 is 23.5 Å². The second kappa shape index (κ2) is 8.10. The molecule has 2 aromatic rings. The van der Waals surface area contributed by atoms with E-state index < -0.39 is 17.6 Å². The van der Waals surface area contributed by atoms with Crippen LogP contribution in [0, 0.1) is 5.41 Å². The highest BCUT2D eigenvalue weighted by Gasteiger charge is 2.50. The van der Waals surface area contributed by atoms with Gasteiger partial charge in [0.05, 0.1) is 43.1 Å². The summed E-state index contributed by atoms with van der Waals surface area (Å²) in [5.74, 6) is 0.249. The number of carbonyl (C=O) groups excluding carboxylic acids is 1. The number of nitrogens with zero attached hydrogens (tertiary/aromatic N) is 5. The number of hydrogen-bond acceptors (Lipinski definition) is 8. The van der Waals surface area contributed by atoms with Gasteiger partial charge in [-0.1, -0.05) is 0 Å². The molecule has 3 aliphatic heterocycles. The van der Waals surface area contributed by atoms with Crippen LogP contribution in [0.1, 0.15) is 12.5 Å². The lowest BCUT2D eigenvalue weighted by molar-refractivity contribution is -0.137. The van der Waals surface area contributed by atoms with Crippen LogP contribution >= 0.6 is 0 Å². The van der Waals surface area contributed by atoms with E-state index in [-0.39, 0.29) is 22.5 Å². The van der Waals surface area contributed by atoms with Gasteiger partial charge in [-0.15, -0.1) is 0 Å². The average Bonchev–Trinajstić information content (AvgIpc) is 2.71. The first-order chi connectivity index (χ1) is 15.7. The highest BCUT2D eigenvalue weighted by atomic mass is 19.4. The average molecular weight is 464 g/mol. The fourth-order valence-electron chi connectivity index (χ4n) is 4.28. The molecule has 5 heterocycles. The number of nitrogens with one attached hydrogen (secondary N) is 1. The van der Waals surface area contributed by atoms with Crippen LogP contribution in [0.5, 0.6) is 0 Å². The maximum atomic E-state index is 14.0. The zero-order valence-electron chi connectivity index (χ0n) is 18.0. The van der Waals surface area contributed by atoms with Gasteiger partial charge in [0.1, 0.15) is 11.6 Å². The van der Waals surface area contributed by atoms with Crippen molar-refractivity contribution in [3.63, 3.8) is 0 Å². The van der Waals surface area contributed by atoms with Crippen molar-refractivity contribution in [2.75, 3.05) is 67.7 Å². The number of alkyl halides is 3. The quantitative estimate of drug-likeness (QED) is 0.736. The Morgan fingerprint density at radius 3 is 2.42 bits per heavy atom. The lowest BCUT2D eigenvalue weighted by Gasteiger charge is -2.55. The molecule has 0 atom stereocenters. The maximum absolute atomic E-state index is 14.0. The molecule has 3 saturated heterocycles. The van der Waals surface area contributed by atoms with E-state index in [1.807, 2.05) is 9.80 Å². The number of hydrogen-bond donors (Lipinski definition) is 1. The third-order valence-electron chi connectivity index (χ3n) is 5.98. The summed E-state index contributed by atoms with van der Waals surface area (Å²) in [5, 5.41) is 2.30. The Balaban J connectivity index is 1.56. The molecule has 12 heteroatoms. The van der Waals surface area contributed by atoms with E-state index in [9.17, 15) is 18.0 Å². The van der Waals surface area contributed by atoms with E-state index in [2.05, 4.69) is 20.3 Å². The molecular weight excluding hydrogens is 441 g/mol. The lowest BCUT2D eigenvalue weighted by Crippen LogP contribution is -2.66. The van der Waals surface area contributed by atoms with E-state index in [0.717, 1.165) is 12.3 Å². The Kier molecular flexibility index (Phi) is 5.36. The number of morpholine rings is 1. The standard InChI is InChI=1S/C21H23F3N6O3/c1-13(31)26-17-6-15(21(22,23)24)14(8-25-17)16-7-18(29-2-4-32-5-3-29)28-19(27-16)30-9-20(10-30)11-33-12-20/h6-8H,2-5,9-12H2,1H3,(H,25,26,31). The van der Waals surface area contributed by atoms with Gasteiger partial charge in [-0.3, -0.25) is 4.79 Å². The van der Waals surface area contributed by atoms with Crippen LogP contribution in [0.4, 0.5) is 30.8 Å². The van der Waals surface area contributed by atoms with Crippen LogP contribution in [0.3, 0.4) is 0 Å². The van der Waals surface area contributed by atoms with Crippen LogP contribution < -0.4 is 15.1 Å². The summed E-state index contributed by atoms with van der Waals surface area (Å²) in [4.78, 5) is 28.4. The Morgan fingerprint density at radius 1 is 1.09 bits per heavy atom. The van der Waals surface area contributed by atoms with E-state index in [1.165, 1.54) is 6.92 Å². The molecule has 1 N–H and O–H groups in total. The fourth-order valence-corrected chi connectivity index (χ4v) is 4.28. The largest absolute Gasteiger partial charge is 0.417 e. The van der Waals surface area contributed by atoms with Gasteiger partial charge in [-0.2, -0.15) is 18.2 Å². The number of rotatable bonds is 4. The molecule has 3 aliphatic rings. The maximum Gasteiger partial charge on any atom is 0.417 e. The molecule has 3 fully saturated rings. The van der Waals surface area contributed by atoms with Crippen molar-refractivity contribution in [3.8, 4) is 11.3 Å². The van der Waals surface area contributed by atoms with Gasteiger partial charge in [-0.05, 0) is 6.07 Å². The first-order valence-corrected chi connectivity index (χ1v) is 10.6. The van der Waals surface area contributed by atoms with Crippen molar-refractivity contribution in [2.45, 2.75) is 13.1 Å². The second-order valence-electron chi connectivity index (χ2n) is 8.65. The van der Waals surface area contributed by atoms with Crippen LogP contribution in [0.25, 0.3) is 11.3 Å². The number of carbonyl (C=O) groups is 1. The molecule has 176 valence electrons.